The maximum atomic E-state index is 13.0. The van der Waals surface area contributed by atoms with Crippen LogP contribution in [0.4, 0.5) is 5.69 Å². The van der Waals surface area contributed by atoms with Crippen LogP contribution in [0.25, 0.3) is 0 Å². The summed E-state index contributed by atoms with van der Waals surface area (Å²) in [6, 6.07) is 17.5. The largest absolute Gasteiger partial charge is 0.339 e. The molecule has 2 aliphatic heterocycles. The van der Waals surface area contributed by atoms with Gasteiger partial charge in [0.25, 0.3) is 11.8 Å². The number of piperidine rings is 1. The van der Waals surface area contributed by atoms with Crippen molar-refractivity contribution in [3.05, 3.63) is 82.7 Å². The molecule has 0 unspecified atom stereocenters. The summed E-state index contributed by atoms with van der Waals surface area (Å²) >= 11 is 0. The molecule has 0 atom stereocenters. The first-order valence-corrected chi connectivity index (χ1v) is 12.1. The number of carbonyl (C=O) groups excluding carboxylic acids is 2. The van der Waals surface area contributed by atoms with Crippen molar-refractivity contribution in [3.8, 4) is 0 Å². The van der Waals surface area contributed by atoms with Gasteiger partial charge >= 0.3 is 0 Å². The minimum absolute atomic E-state index is 0.137. The van der Waals surface area contributed by atoms with Crippen molar-refractivity contribution in [2.24, 2.45) is 7.05 Å². The molecule has 0 bridgehead atoms. The first-order chi connectivity index (χ1) is 16.6. The van der Waals surface area contributed by atoms with E-state index in [1.54, 1.807) is 0 Å². The number of aromatic nitrogens is 2. The lowest BCUT2D eigenvalue weighted by molar-refractivity contribution is 0.0724. The van der Waals surface area contributed by atoms with Gasteiger partial charge in [0.15, 0.2) is 5.69 Å². The van der Waals surface area contributed by atoms with Gasteiger partial charge in [-0.3, -0.25) is 19.2 Å². The highest BCUT2D eigenvalue weighted by Crippen LogP contribution is 2.25. The molecule has 34 heavy (non-hydrogen) atoms. The van der Waals surface area contributed by atoms with Gasteiger partial charge in [0.1, 0.15) is 0 Å². The number of likely N-dealkylation sites (tertiary alicyclic amines) is 1. The smallest absolute Gasteiger partial charge is 0.276 e. The fraction of sp³-hybridized carbons (Fsp3) is 0.370. The van der Waals surface area contributed by atoms with Crippen LogP contribution in [0.15, 0.2) is 54.6 Å². The van der Waals surface area contributed by atoms with E-state index in [2.05, 4.69) is 27.4 Å². The van der Waals surface area contributed by atoms with E-state index in [9.17, 15) is 9.59 Å². The maximum absolute atomic E-state index is 13.0. The van der Waals surface area contributed by atoms with E-state index in [1.165, 1.54) is 6.42 Å². The molecular formula is C27H31N5O2. The van der Waals surface area contributed by atoms with Crippen LogP contribution in [0.3, 0.4) is 0 Å². The molecule has 1 aromatic heterocycles. The van der Waals surface area contributed by atoms with Gasteiger partial charge in [0.2, 0.25) is 0 Å². The van der Waals surface area contributed by atoms with Gasteiger partial charge < -0.3 is 10.2 Å². The lowest BCUT2D eigenvalue weighted by Gasteiger charge is -2.28. The predicted molar refractivity (Wildman–Crippen MR) is 132 cm³/mol. The quantitative estimate of drug-likeness (QED) is 0.632. The number of hydrogen-bond donors (Lipinski definition) is 1. The summed E-state index contributed by atoms with van der Waals surface area (Å²) in [6.45, 7) is 4.08. The van der Waals surface area contributed by atoms with Crippen LogP contribution in [-0.2, 0) is 26.6 Å². The fourth-order valence-electron chi connectivity index (χ4n) is 4.97. The summed E-state index contributed by atoms with van der Waals surface area (Å²) in [5, 5.41) is 7.50. The first-order valence-electron chi connectivity index (χ1n) is 12.1. The summed E-state index contributed by atoms with van der Waals surface area (Å²) in [4.78, 5) is 30.0. The molecule has 3 aromatic rings. The van der Waals surface area contributed by atoms with Gasteiger partial charge in [-0.25, -0.2) is 0 Å². The van der Waals surface area contributed by atoms with Crippen LogP contribution in [-0.4, -0.2) is 51.0 Å². The third-order valence-corrected chi connectivity index (χ3v) is 6.82. The topological polar surface area (TPSA) is 70.5 Å². The van der Waals surface area contributed by atoms with Crippen LogP contribution in [0.1, 0.15) is 56.9 Å². The zero-order chi connectivity index (χ0) is 23.5. The number of amides is 2. The number of benzene rings is 2. The first kappa shape index (κ1) is 22.3. The van der Waals surface area contributed by atoms with Crippen molar-refractivity contribution in [2.45, 2.75) is 38.8 Å². The summed E-state index contributed by atoms with van der Waals surface area (Å²) in [5.74, 6) is -0.0382. The zero-order valence-electron chi connectivity index (χ0n) is 19.7. The minimum atomic E-state index is -0.175. The molecule has 0 aliphatic carbocycles. The molecule has 1 N–H and O–H groups in total. The van der Waals surface area contributed by atoms with Gasteiger partial charge in [0, 0.05) is 68.7 Å². The van der Waals surface area contributed by atoms with Crippen LogP contribution >= 0.6 is 0 Å². The predicted octanol–water partition coefficient (Wildman–Crippen LogP) is 3.86. The van der Waals surface area contributed by atoms with Crippen molar-refractivity contribution in [3.63, 3.8) is 0 Å². The molecule has 2 amide bonds. The number of carbonyl (C=O) groups is 2. The number of anilines is 1. The lowest BCUT2D eigenvalue weighted by atomic mass is 10.0. The molecule has 176 valence electrons. The van der Waals surface area contributed by atoms with Crippen molar-refractivity contribution >= 4 is 17.5 Å². The van der Waals surface area contributed by atoms with E-state index in [1.807, 2.05) is 59.1 Å². The molecule has 7 heteroatoms. The summed E-state index contributed by atoms with van der Waals surface area (Å²) in [5.41, 5.74) is 5.31. The third kappa shape index (κ3) is 4.75. The number of rotatable bonds is 5. The Morgan fingerprint density at radius 1 is 0.941 bits per heavy atom. The van der Waals surface area contributed by atoms with Gasteiger partial charge in [-0.1, -0.05) is 30.3 Å². The fourth-order valence-corrected chi connectivity index (χ4v) is 4.97. The number of fused-ring (bicyclic) bond motifs is 1. The average molecular weight is 458 g/mol. The van der Waals surface area contributed by atoms with Gasteiger partial charge in [-0.15, -0.1) is 0 Å². The van der Waals surface area contributed by atoms with E-state index >= 15 is 0 Å². The van der Waals surface area contributed by atoms with Gasteiger partial charge in [-0.05, 0) is 49.1 Å². The number of nitrogens with zero attached hydrogens (tertiary/aromatic N) is 4. The van der Waals surface area contributed by atoms with Crippen molar-refractivity contribution in [1.29, 1.82) is 0 Å². The van der Waals surface area contributed by atoms with E-state index in [0.717, 1.165) is 73.5 Å². The molecule has 0 spiro atoms. The van der Waals surface area contributed by atoms with Crippen LogP contribution < -0.4 is 5.32 Å². The summed E-state index contributed by atoms with van der Waals surface area (Å²) in [6.07, 6.45) is 4.26. The second kappa shape index (κ2) is 9.81. The van der Waals surface area contributed by atoms with Crippen LogP contribution in [0, 0.1) is 0 Å². The molecule has 1 fully saturated rings. The average Bonchev–Trinajstić information content (AvgIpc) is 3.21. The van der Waals surface area contributed by atoms with Gasteiger partial charge in [0.05, 0.1) is 0 Å². The van der Waals surface area contributed by atoms with Crippen LogP contribution in [0.2, 0.25) is 0 Å². The number of nitrogens with one attached hydrogen (secondary N) is 1. The molecule has 3 heterocycles. The Bertz CT molecular complexity index is 1160. The van der Waals surface area contributed by atoms with E-state index in [0.29, 0.717) is 12.2 Å². The normalized spacial score (nSPS) is 16.2. The summed E-state index contributed by atoms with van der Waals surface area (Å²) in [7, 11) is 1.91. The van der Waals surface area contributed by atoms with E-state index in [-0.39, 0.29) is 11.8 Å². The monoisotopic (exact) mass is 457 g/mol. The second-order valence-corrected chi connectivity index (χ2v) is 9.23. The van der Waals surface area contributed by atoms with Crippen molar-refractivity contribution in [2.75, 3.05) is 25.0 Å². The number of aryl methyl sites for hydroxylation is 1. The Kier molecular flexibility index (Phi) is 6.45. The molecule has 0 radical (unpaired) electrons. The van der Waals surface area contributed by atoms with Crippen molar-refractivity contribution in [1.82, 2.24) is 19.6 Å². The molecule has 7 nitrogen and oxygen atoms in total. The Morgan fingerprint density at radius 2 is 1.68 bits per heavy atom. The molecular weight excluding hydrogens is 426 g/mol. The SMILES string of the molecule is Cn1nc(C(=O)Nc2ccccc2)c2c1CCN(Cc1ccc(C(=O)N3CCCCC3)cc1)C2. The van der Waals surface area contributed by atoms with Gasteiger partial charge in [-0.2, -0.15) is 5.10 Å². The lowest BCUT2D eigenvalue weighted by Crippen LogP contribution is -2.35. The third-order valence-electron chi connectivity index (χ3n) is 6.82. The van der Waals surface area contributed by atoms with E-state index < -0.39 is 0 Å². The molecule has 5 rings (SSSR count). The van der Waals surface area contributed by atoms with Crippen LogP contribution in [0.5, 0.6) is 0 Å². The highest BCUT2D eigenvalue weighted by atomic mass is 16.2. The van der Waals surface area contributed by atoms with Crippen molar-refractivity contribution < 1.29 is 9.59 Å². The zero-order valence-corrected chi connectivity index (χ0v) is 19.7. The molecule has 0 saturated carbocycles. The molecule has 2 aliphatic rings. The Labute approximate surface area is 200 Å². The summed E-state index contributed by atoms with van der Waals surface area (Å²) < 4.78 is 1.84. The Balaban J connectivity index is 1.26. The Morgan fingerprint density at radius 3 is 2.41 bits per heavy atom. The standard InChI is InChI=1S/C27H31N5O2/c1-30-24-14-17-31(19-23(24)25(29-30)26(33)28-22-8-4-2-5-9-22)18-20-10-12-21(13-11-20)27(34)32-15-6-3-7-16-32/h2,4-5,8-13H,3,6-7,14-19H2,1H3,(H,28,33). The molecule has 1 saturated heterocycles. The minimum Gasteiger partial charge on any atom is -0.339 e. The number of para-hydroxylation sites is 1. The maximum Gasteiger partial charge on any atom is 0.276 e. The highest BCUT2D eigenvalue weighted by Gasteiger charge is 2.27. The second-order valence-electron chi connectivity index (χ2n) is 9.23. The van der Waals surface area contributed by atoms with E-state index in [4.69, 9.17) is 0 Å². The highest BCUT2D eigenvalue weighted by molar-refractivity contribution is 6.04. The Hall–Kier alpha value is -3.45. The molecule has 2 aromatic carbocycles. The number of hydrogen-bond acceptors (Lipinski definition) is 4.